The molecule has 1 atom stereocenters. The predicted molar refractivity (Wildman–Crippen MR) is 86.5 cm³/mol. The SMILES string of the molecule is Cc1nc(SCCC(=O)N2CCC[C@H]2c2ccc(F)cc2)n[nH]1. The highest BCUT2D eigenvalue weighted by atomic mass is 32.2. The van der Waals surface area contributed by atoms with Gasteiger partial charge in [-0.2, -0.15) is 0 Å². The van der Waals surface area contributed by atoms with E-state index in [1.165, 1.54) is 23.9 Å². The first-order valence-corrected chi connectivity index (χ1v) is 8.69. The number of aryl methyl sites for hydroxylation is 1. The summed E-state index contributed by atoms with van der Waals surface area (Å²) in [5.74, 6) is 1.32. The lowest BCUT2D eigenvalue weighted by molar-refractivity contribution is -0.131. The Balaban J connectivity index is 1.56. The Morgan fingerprint density at radius 1 is 1.43 bits per heavy atom. The molecule has 0 radical (unpaired) electrons. The van der Waals surface area contributed by atoms with E-state index in [4.69, 9.17) is 0 Å². The van der Waals surface area contributed by atoms with Crippen LogP contribution in [0.15, 0.2) is 29.4 Å². The van der Waals surface area contributed by atoms with Crippen LogP contribution in [0, 0.1) is 12.7 Å². The molecule has 2 aromatic rings. The Morgan fingerprint density at radius 3 is 2.91 bits per heavy atom. The van der Waals surface area contributed by atoms with Crippen molar-refractivity contribution in [1.29, 1.82) is 0 Å². The molecule has 1 aliphatic rings. The molecule has 7 heteroatoms. The highest BCUT2D eigenvalue weighted by molar-refractivity contribution is 7.99. The maximum absolute atomic E-state index is 13.1. The van der Waals surface area contributed by atoms with Crippen LogP contribution in [0.4, 0.5) is 4.39 Å². The van der Waals surface area contributed by atoms with Crippen LogP contribution in [0.5, 0.6) is 0 Å². The lowest BCUT2D eigenvalue weighted by Gasteiger charge is -2.25. The molecule has 1 aromatic heterocycles. The van der Waals surface area contributed by atoms with Crippen molar-refractivity contribution in [3.05, 3.63) is 41.5 Å². The van der Waals surface area contributed by atoms with Crippen molar-refractivity contribution in [2.75, 3.05) is 12.3 Å². The molecule has 3 rings (SSSR count). The smallest absolute Gasteiger partial charge is 0.223 e. The van der Waals surface area contributed by atoms with E-state index in [-0.39, 0.29) is 17.8 Å². The number of hydrogen-bond donors (Lipinski definition) is 1. The van der Waals surface area contributed by atoms with Gasteiger partial charge in [-0.1, -0.05) is 23.9 Å². The third-order valence-corrected chi connectivity index (χ3v) is 4.80. The molecule has 5 nitrogen and oxygen atoms in total. The Hall–Kier alpha value is -1.89. The summed E-state index contributed by atoms with van der Waals surface area (Å²) in [6.07, 6.45) is 2.38. The number of aromatic amines is 1. The first-order chi connectivity index (χ1) is 11.1. The van der Waals surface area contributed by atoms with Crippen LogP contribution in [0.1, 0.15) is 36.7 Å². The third-order valence-electron chi connectivity index (χ3n) is 3.95. The Labute approximate surface area is 138 Å². The van der Waals surface area contributed by atoms with E-state index in [0.29, 0.717) is 17.3 Å². The molecule has 0 unspecified atom stereocenters. The van der Waals surface area contributed by atoms with Gasteiger partial charge in [0.25, 0.3) is 0 Å². The molecule has 1 amide bonds. The zero-order valence-electron chi connectivity index (χ0n) is 13.0. The molecule has 0 spiro atoms. The number of thioether (sulfide) groups is 1. The minimum absolute atomic E-state index is 0.0684. The van der Waals surface area contributed by atoms with Gasteiger partial charge in [-0.3, -0.25) is 9.89 Å². The zero-order chi connectivity index (χ0) is 16.2. The molecule has 0 bridgehead atoms. The fourth-order valence-corrected chi connectivity index (χ4v) is 3.63. The minimum Gasteiger partial charge on any atom is -0.336 e. The van der Waals surface area contributed by atoms with E-state index < -0.39 is 0 Å². The van der Waals surface area contributed by atoms with Gasteiger partial charge in [-0.15, -0.1) is 5.10 Å². The summed E-state index contributed by atoms with van der Waals surface area (Å²) in [7, 11) is 0. The quantitative estimate of drug-likeness (QED) is 0.854. The number of hydrogen-bond acceptors (Lipinski definition) is 4. The van der Waals surface area contributed by atoms with E-state index in [1.807, 2.05) is 11.8 Å². The van der Waals surface area contributed by atoms with Crippen molar-refractivity contribution in [2.45, 2.75) is 37.4 Å². The van der Waals surface area contributed by atoms with Gasteiger partial charge in [0.1, 0.15) is 11.6 Å². The third kappa shape index (κ3) is 3.90. The second-order valence-electron chi connectivity index (χ2n) is 5.60. The number of rotatable bonds is 5. The average Bonchev–Trinajstić information content (AvgIpc) is 3.17. The molecular formula is C16H19FN4OS. The van der Waals surface area contributed by atoms with E-state index in [2.05, 4.69) is 15.2 Å². The maximum atomic E-state index is 13.1. The topological polar surface area (TPSA) is 61.9 Å². The number of aromatic nitrogens is 3. The van der Waals surface area contributed by atoms with Crippen molar-refractivity contribution in [3.8, 4) is 0 Å². The number of benzene rings is 1. The highest BCUT2D eigenvalue weighted by Gasteiger charge is 2.29. The summed E-state index contributed by atoms with van der Waals surface area (Å²) in [4.78, 5) is 18.6. The number of carbonyl (C=O) groups excluding carboxylic acids is 1. The summed E-state index contributed by atoms with van der Waals surface area (Å²) in [5, 5.41) is 7.51. The van der Waals surface area contributed by atoms with Crippen LogP contribution in [0.3, 0.4) is 0 Å². The normalized spacial score (nSPS) is 17.7. The van der Waals surface area contributed by atoms with Crippen LogP contribution in [0.2, 0.25) is 0 Å². The molecule has 0 aliphatic carbocycles. The van der Waals surface area contributed by atoms with Crippen molar-refractivity contribution in [3.63, 3.8) is 0 Å². The number of amides is 1. The number of likely N-dealkylation sites (tertiary alicyclic amines) is 1. The lowest BCUT2D eigenvalue weighted by atomic mass is 10.0. The zero-order valence-corrected chi connectivity index (χ0v) is 13.8. The number of H-pyrrole nitrogens is 1. The van der Waals surface area contributed by atoms with Crippen LogP contribution in [0.25, 0.3) is 0 Å². The Morgan fingerprint density at radius 2 is 2.22 bits per heavy atom. The summed E-state index contributed by atoms with van der Waals surface area (Å²) >= 11 is 1.48. The van der Waals surface area contributed by atoms with Gasteiger partial charge in [-0.05, 0) is 37.5 Å². The molecule has 1 fully saturated rings. The van der Waals surface area contributed by atoms with Gasteiger partial charge in [-0.25, -0.2) is 9.37 Å². The molecule has 1 saturated heterocycles. The van der Waals surface area contributed by atoms with Crippen LogP contribution in [-0.4, -0.2) is 38.3 Å². The van der Waals surface area contributed by atoms with Crippen molar-refractivity contribution < 1.29 is 9.18 Å². The molecule has 1 aromatic carbocycles. The largest absolute Gasteiger partial charge is 0.336 e. The van der Waals surface area contributed by atoms with Crippen LogP contribution < -0.4 is 0 Å². The monoisotopic (exact) mass is 334 g/mol. The van der Waals surface area contributed by atoms with Crippen molar-refractivity contribution >= 4 is 17.7 Å². The molecule has 122 valence electrons. The number of nitrogens with one attached hydrogen (secondary N) is 1. The Kier molecular flexibility index (Phi) is 4.95. The van der Waals surface area contributed by atoms with E-state index in [9.17, 15) is 9.18 Å². The second-order valence-corrected chi connectivity index (χ2v) is 6.66. The van der Waals surface area contributed by atoms with Crippen LogP contribution in [-0.2, 0) is 4.79 Å². The fraction of sp³-hybridized carbons (Fsp3) is 0.438. The number of carbonyl (C=O) groups is 1. The molecule has 1 aliphatic heterocycles. The number of nitrogens with zero attached hydrogens (tertiary/aromatic N) is 3. The van der Waals surface area contributed by atoms with Crippen molar-refractivity contribution in [2.24, 2.45) is 0 Å². The minimum atomic E-state index is -0.247. The molecular weight excluding hydrogens is 315 g/mol. The van der Waals surface area contributed by atoms with Crippen LogP contribution >= 0.6 is 11.8 Å². The van der Waals surface area contributed by atoms with Gasteiger partial charge in [0.15, 0.2) is 0 Å². The van der Waals surface area contributed by atoms with Gasteiger partial charge in [0.05, 0.1) is 6.04 Å². The summed E-state index contributed by atoms with van der Waals surface area (Å²) in [6.45, 7) is 2.62. The van der Waals surface area contributed by atoms with Gasteiger partial charge in [0, 0.05) is 18.7 Å². The first-order valence-electron chi connectivity index (χ1n) is 7.70. The molecule has 1 N–H and O–H groups in total. The van der Waals surface area contributed by atoms with Crippen molar-refractivity contribution in [1.82, 2.24) is 20.1 Å². The lowest BCUT2D eigenvalue weighted by Crippen LogP contribution is -2.30. The van der Waals surface area contributed by atoms with E-state index in [0.717, 1.165) is 30.8 Å². The van der Waals surface area contributed by atoms with E-state index >= 15 is 0 Å². The standard InChI is InChI=1S/C16H19FN4OS/c1-11-18-16(20-19-11)23-10-8-15(22)21-9-2-3-14(21)12-4-6-13(17)7-5-12/h4-7,14H,2-3,8-10H2,1H3,(H,18,19,20)/t14-/m0/s1. The van der Waals surface area contributed by atoms with E-state index in [1.54, 1.807) is 12.1 Å². The van der Waals surface area contributed by atoms with Gasteiger partial charge >= 0.3 is 0 Å². The average molecular weight is 334 g/mol. The molecule has 2 heterocycles. The summed E-state index contributed by atoms with van der Waals surface area (Å²) < 4.78 is 13.1. The number of halogens is 1. The first kappa shape index (κ1) is 16.0. The fourth-order valence-electron chi connectivity index (χ4n) is 2.86. The highest BCUT2D eigenvalue weighted by Crippen LogP contribution is 2.32. The summed E-state index contributed by atoms with van der Waals surface area (Å²) in [5.41, 5.74) is 1.01. The molecule has 0 saturated carbocycles. The Bertz CT molecular complexity index is 673. The molecule has 23 heavy (non-hydrogen) atoms. The summed E-state index contributed by atoms with van der Waals surface area (Å²) in [6, 6.07) is 6.53. The maximum Gasteiger partial charge on any atom is 0.223 e. The second kappa shape index (κ2) is 7.12. The predicted octanol–water partition coefficient (Wildman–Crippen LogP) is 3.10. The van der Waals surface area contributed by atoms with Gasteiger partial charge < -0.3 is 4.90 Å². The van der Waals surface area contributed by atoms with Gasteiger partial charge in [0.2, 0.25) is 11.1 Å².